The minimum Gasteiger partial charge on any atom is -0.334 e. The van der Waals surface area contributed by atoms with Gasteiger partial charge < -0.3 is 10.2 Å². The molecule has 1 saturated heterocycles. The molecule has 1 heterocycles. The van der Waals surface area contributed by atoms with Gasteiger partial charge in [0.1, 0.15) is 0 Å². The standard InChI is InChI=1S/C17H24N2O/c1-2-13-5-7-14(8-6-13)12-19(15-9-10-15)17(20)16-4-3-11-18-16/h5-8,15-16,18H,2-4,9-12H2,1H3/t16-/m0/s1. The van der Waals surface area contributed by atoms with E-state index in [-0.39, 0.29) is 6.04 Å². The highest BCUT2D eigenvalue weighted by molar-refractivity contribution is 5.82. The smallest absolute Gasteiger partial charge is 0.240 e. The van der Waals surface area contributed by atoms with Crippen molar-refractivity contribution in [1.82, 2.24) is 10.2 Å². The highest BCUT2D eigenvalue weighted by Crippen LogP contribution is 2.29. The Morgan fingerprint density at radius 3 is 2.45 bits per heavy atom. The van der Waals surface area contributed by atoms with Crippen LogP contribution in [0.2, 0.25) is 0 Å². The highest BCUT2D eigenvalue weighted by atomic mass is 16.2. The number of hydrogen-bond donors (Lipinski definition) is 1. The SMILES string of the molecule is CCc1ccc(CN(C(=O)[C@@H]2CCCN2)C2CC2)cc1. The monoisotopic (exact) mass is 272 g/mol. The van der Waals surface area contributed by atoms with E-state index in [0.717, 1.165) is 32.4 Å². The summed E-state index contributed by atoms with van der Waals surface area (Å²) >= 11 is 0. The van der Waals surface area contributed by atoms with Crippen LogP contribution in [-0.4, -0.2) is 29.4 Å². The van der Waals surface area contributed by atoms with Crippen LogP contribution in [0.15, 0.2) is 24.3 Å². The highest BCUT2D eigenvalue weighted by Gasteiger charge is 2.36. The molecule has 2 aliphatic rings. The van der Waals surface area contributed by atoms with Crippen molar-refractivity contribution >= 4 is 5.91 Å². The molecule has 3 heteroatoms. The zero-order chi connectivity index (χ0) is 13.9. The minimum atomic E-state index is 0.0607. The molecular weight excluding hydrogens is 248 g/mol. The van der Waals surface area contributed by atoms with Gasteiger partial charge in [-0.3, -0.25) is 4.79 Å². The van der Waals surface area contributed by atoms with Crippen molar-refractivity contribution in [1.29, 1.82) is 0 Å². The average molecular weight is 272 g/mol. The van der Waals surface area contributed by atoms with Crippen molar-refractivity contribution in [2.75, 3.05) is 6.54 Å². The van der Waals surface area contributed by atoms with Crippen molar-refractivity contribution in [3.63, 3.8) is 0 Å². The lowest BCUT2D eigenvalue weighted by Gasteiger charge is -2.26. The van der Waals surface area contributed by atoms with E-state index in [9.17, 15) is 4.79 Å². The van der Waals surface area contributed by atoms with Gasteiger partial charge >= 0.3 is 0 Å². The van der Waals surface area contributed by atoms with Crippen LogP contribution in [0.3, 0.4) is 0 Å². The van der Waals surface area contributed by atoms with Gasteiger partial charge in [0.25, 0.3) is 0 Å². The van der Waals surface area contributed by atoms with Crippen LogP contribution in [0.1, 0.15) is 43.7 Å². The topological polar surface area (TPSA) is 32.3 Å². The second-order valence-corrected chi connectivity index (χ2v) is 6.02. The van der Waals surface area contributed by atoms with Crippen LogP contribution >= 0.6 is 0 Å². The molecule has 1 N–H and O–H groups in total. The first-order valence-corrected chi connectivity index (χ1v) is 7.89. The largest absolute Gasteiger partial charge is 0.334 e. The maximum atomic E-state index is 12.6. The molecule has 3 nitrogen and oxygen atoms in total. The van der Waals surface area contributed by atoms with Gasteiger partial charge in [-0.25, -0.2) is 0 Å². The Morgan fingerprint density at radius 1 is 1.20 bits per heavy atom. The summed E-state index contributed by atoms with van der Waals surface area (Å²) in [5.41, 5.74) is 2.61. The predicted molar refractivity (Wildman–Crippen MR) is 80.4 cm³/mol. The lowest BCUT2D eigenvalue weighted by molar-refractivity contribution is -0.134. The summed E-state index contributed by atoms with van der Waals surface area (Å²) in [4.78, 5) is 14.7. The van der Waals surface area contributed by atoms with Crippen LogP contribution in [0.5, 0.6) is 0 Å². The van der Waals surface area contributed by atoms with Gasteiger partial charge in [0.05, 0.1) is 6.04 Å². The summed E-state index contributed by atoms with van der Waals surface area (Å²) < 4.78 is 0. The van der Waals surface area contributed by atoms with E-state index in [0.29, 0.717) is 11.9 Å². The van der Waals surface area contributed by atoms with E-state index in [2.05, 4.69) is 41.4 Å². The Hall–Kier alpha value is -1.35. The minimum absolute atomic E-state index is 0.0607. The van der Waals surface area contributed by atoms with Crippen molar-refractivity contribution in [2.24, 2.45) is 0 Å². The maximum Gasteiger partial charge on any atom is 0.240 e. The number of aryl methyl sites for hydroxylation is 1. The van der Waals surface area contributed by atoms with Gasteiger partial charge in [0.15, 0.2) is 0 Å². The fourth-order valence-corrected chi connectivity index (χ4v) is 2.95. The molecule has 0 radical (unpaired) electrons. The molecule has 1 aromatic carbocycles. The third-order valence-corrected chi connectivity index (χ3v) is 4.41. The summed E-state index contributed by atoms with van der Waals surface area (Å²) in [6, 6.07) is 9.24. The van der Waals surface area contributed by atoms with Crippen LogP contribution in [-0.2, 0) is 17.8 Å². The van der Waals surface area contributed by atoms with Crippen LogP contribution in [0.25, 0.3) is 0 Å². The summed E-state index contributed by atoms with van der Waals surface area (Å²) in [6.45, 7) is 3.92. The number of nitrogens with zero attached hydrogens (tertiary/aromatic N) is 1. The third-order valence-electron chi connectivity index (χ3n) is 4.41. The molecule has 0 spiro atoms. The van der Waals surface area contributed by atoms with Gasteiger partial charge in [-0.05, 0) is 49.8 Å². The number of benzene rings is 1. The van der Waals surface area contributed by atoms with Crippen molar-refractivity contribution in [3.8, 4) is 0 Å². The zero-order valence-corrected chi connectivity index (χ0v) is 12.3. The fourth-order valence-electron chi connectivity index (χ4n) is 2.95. The van der Waals surface area contributed by atoms with Crippen LogP contribution in [0, 0.1) is 0 Å². The summed E-state index contributed by atoms with van der Waals surface area (Å²) in [7, 11) is 0. The van der Waals surface area contributed by atoms with Gasteiger partial charge in [0, 0.05) is 12.6 Å². The molecule has 1 atom stereocenters. The molecule has 1 saturated carbocycles. The van der Waals surface area contributed by atoms with Gasteiger partial charge in [-0.1, -0.05) is 31.2 Å². The molecule has 0 unspecified atom stereocenters. The maximum absolute atomic E-state index is 12.6. The lowest BCUT2D eigenvalue weighted by atomic mass is 10.1. The summed E-state index contributed by atoms with van der Waals surface area (Å²) in [5.74, 6) is 0.310. The van der Waals surface area contributed by atoms with Crippen LogP contribution in [0.4, 0.5) is 0 Å². The molecule has 0 aromatic heterocycles. The summed E-state index contributed by atoms with van der Waals surface area (Å²) in [5, 5.41) is 3.33. The molecule has 2 fully saturated rings. The molecule has 20 heavy (non-hydrogen) atoms. The number of amides is 1. The Labute approximate surface area is 121 Å². The molecule has 1 aliphatic heterocycles. The molecule has 108 valence electrons. The molecule has 1 aliphatic carbocycles. The first kappa shape index (κ1) is 13.6. The molecule has 3 rings (SSSR count). The first-order valence-electron chi connectivity index (χ1n) is 7.89. The van der Waals surface area contributed by atoms with Crippen molar-refractivity contribution < 1.29 is 4.79 Å². The number of rotatable bonds is 5. The first-order chi connectivity index (χ1) is 9.78. The zero-order valence-electron chi connectivity index (χ0n) is 12.3. The number of carbonyl (C=O) groups excluding carboxylic acids is 1. The number of nitrogens with one attached hydrogen (secondary N) is 1. The average Bonchev–Trinajstić information content (AvgIpc) is 3.18. The van der Waals surface area contributed by atoms with Crippen molar-refractivity contribution in [3.05, 3.63) is 35.4 Å². The quantitative estimate of drug-likeness (QED) is 0.893. The van der Waals surface area contributed by atoms with Gasteiger partial charge in [-0.2, -0.15) is 0 Å². The second kappa shape index (κ2) is 5.96. The third kappa shape index (κ3) is 3.04. The van der Waals surface area contributed by atoms with Gasteiger partial charge in [-0.15, -0.1) is 0 Å². The predicted octanol–water partition coefficient (Wildman–Crippen LogP) is 2.49. The van der Waals surface area contributed by atoms with E-state index in [1.165, 1.54) is 24.0 Å². The van der Waals surface area contributed by atoms with E-state index < -0.39 is 0 Å². The molecule has 1 aromatic rings. The lowest BCUT2D eigenvalue weighted by Crippen LogP contribution is -2.44. The molecule has 1 amide bonds. The Bertz CT molecular complexity index is 458. The Kier molecular flexibility index (Phi) is 4.06. The van der Waals surface area contributed by atoms with Crippen LogP contribution < -0.4 is 5.32 Å². The molecular formula is C17H24N2O. The van der Waals surface area contributed by atoms with E-state index in [4.69, 9.17) is 0 Å². The van der Waals surface area contributed by atoms with E-state index >= 15 is 0 Å². The van der Waals surface area contributed by atoms with Gasteiger partial charge in [0.2, 0.25) is 5.91 Å². The second-order valence-electron chi connectivity index (χ2n) is 6.02. The van der Waals surface area contributed by atoms with E-state index in [1.807, 2.05) is 0 Å². The normalized spacial score (nSPS) is 21.9. The Morgan fingerprint density at radius 2 is 1.90 bits per heavy atom. The fraction of sp³-hybridized carbons (Fsp3) is 0.588. The van der Waals surface area contributed by atoms with Crippen molar-refractivity contribution in [2.45, 2.75) is 57.7 Å². The Balaban J connectivity index is 1.68. The molecule has 0 bridgehead atoms. The van der Waals surface area contributed by atoms with E-state index in [1.54, 1.807) is 0 Å². The number of carbonyl (C=O) groups is 1. The summed E-state index contributed by atoms with van der Waals surface area (Å²) in [6.07, 6.45) is 5.53. The number of hydrogen-bond acceptors (Lipinski definition) is 2.